The van der Waals surface area contributed by atoms with E-state index in [0.29, 0.717) is 0 Å². The van der Waals surface area contributed by atoms with Gasteiger partial charge < -0.3 is 11.1 Å². The number of aromatic nitrogens is 1. The molecular weight excluding hydrogens is 240 g/mol. The topological polar surface area (TPSA) is 71.2 Å². The summed E-state index contributed by atoms with van der Waals surface area (Å²) in [6.45, 7) is 5.52. The Hall–Kier alpha value is -1.62. The fraction of sp³-hybridized carbons (Fsp3) is 0.571. The van der Waals surface area contributed by atoms with E-state index in [1.165, 1.54) is 0 Å². The number of anilines is 1. The van der Waals surface area contributed by atoms with Crippen LogP contribution in [0.15, 0.2) is 18.3 Å². The Kier molecular flexibility index (Phi) is 4.74. The van der Waals surface area contributed by atoms with E-state index >= 15 is 0 Å². The number of primary amides is 1. The van der Waals surface area contributed by atoms with E-state index in [4.69, 9.17) is 5.73 Å². The van der Waals surface area contributed by atoms with Crippen LogP contribution in [-0.4, -0.2) is 35.4 Å². The highest BCUT2D eigenvalue weighted by atomic mass is 16.1. The molecule has 0 aliphatic carbocycles. The Labute approximate surface area is 114 Å². The van der Waals surface area contributed by atoms with Gasteiger partial charge in [-0.25, -0.2) is 0 Å². The summed E-state index contributed by atoms with van der Waals surface area (Å²) >= 11 is 0. The van der Waals surface area contributed by atoms with Gasteiger partial charge in [-0.3, -0.25) is 14.7 Å². The second-order valence-corrected chi connectivity index (χ2v) is 5.04. The van der Waals surface area contributed by atoms with Crippen LogP contribution in [0.1, 0.15) is 25.5 Å². The molecule has 1 saturated heterocycles. The molecule has 1 fully saturated rings. The number of amides is 1. The van der Waals surface area contributed by atoms with Crippen molar-refractivity contribution in [1.29, 1.82) is 0 Å². The number of pyridine rings is 1. The maximum Gasteiger partial charge on any atom is 0.221 e. The first-order chi connectivity index (χ1) is 9.19. The molecule has 1 amide bonds. The van der Waals surface area contributed by atoms with Gasteiger partial charge in [-0.1, -0.05) is 0 Å². The van der Waals surface area contributed by atoms with Crippen molar-refractivity contribution in [2.24, 2.45) is 11.7 Å². The minimum Gasteiger partial charge on any atom is -0.385 e. The highest BCUT2D eigenvalue weighted by molar-refractivity contribution is 5.76. The van der Waals surface area contributed by atoms with Crippen LogP contribution >= 0.6 is 0 Å². The number of rotatable bonds is 5. The Balaban J connectivity index is 1.96. The average Bonchev–Trinajstić information content (AvgIpc) is 2.40. The van der Waals surface area contributed by atoms with Gasteiger partial charge >= 0.3 is 0 Å². The third-order valence-corrected chi connectivity index (χ3v) is 3.49. The van der Waals surface area contributed by atoms with Crippen LogP contribution in [0.3, 0.4) is 0 Å². The maximum absolute atomic E-state index is 11.3. The average molecular weight is 262 g/mol. The second-order valence-electron chi connectivity index (χ2n) is 5.04. The third-order valence-electron chi connectivity index (χ3n) is 3.49. The van der Waals surface area contributed by atoms with Crippen LogP contribution in [0.25, 0.3) is 0 Å². The molecule has 0 bridgehead atoms. The van der Waals surface area contributed by atoms with Gasteiger partial charge in [0.15, 0.2) is 0 Å². The van der Waals surface area contributed by atoms with Gasteiger partial charge in [0.2, 0.25) is 5.91 Å². The smallest absolute Gasteiger partial charge is 0.221 e. The maximum atomic E-state index is 11.3. The molecular formula is C14H22N4O. The molecule has 1 aromatic rings. The summed E-state index contributed by atoms with van der Waals surface area (Å²) in [6.07, 6.45) is 3.76. The summed E-state index contributed by atoms with van der Waals surface area (Å²) < 4.78 is 0. The van der Waals surface area contributed by atoms with E-state index in [-0.39, 0.29) is 11.8 Å². The summed E-state index contributed by atoms with van der Waals surface area (Å²) in [5, 5.41) is 3.28. The molecule has 1 aliphatic rings. The van der Waals surface area contributed by atoms with Gasteiger partial charge in [-0.2, -0.15) is 0 Å². The number of hydrogen-bond acceptors (Lipinski definition) is 4. The largest absolute Gasteiger partial charge is 0.385 e. The molecule has 1 unspecified atom stereocenters. The minimum absolute atomic E-state index is 0.00861. The standard InChI is InChI=1S/C14H22N4O/c1-2-16-12-5-6-17-13(8-12)10-18-7-3-4-11(9-18)14(15)19/h5-6,8,11H,2-4,7,9-10H2,1H3,(H2,15,19)(H,16,17). The van der Waals surface area contributed by atoms with Gasteiger partial charge in [-0.15, -0.1) is 0 Å². The van der Waals surface area contributed by atoms with Crippen molar-refractivity contribution in [3.8, 4) is 0 Å². The minimum atomic E-state index is -0.181. The number of likely N-dealkylation sites (tertiary alicyclic amines) is 1. The van der Waals surface area contributed by atoms with E-state index in [1.54, 1.807) is 0 Å². The second kappa shape index (κ2) is 6.52. The lowest BCUT2D eigenvalue weighted by Crippen LogP contribution is -2.40. The molecule has 2 heterocycles. The molecule has 1 aromatic heterocycles. The molecule has 3 N–H and O–H groups in total. The number of carbonyl (C=O) groups is 1. The Morgan fingerprint density at radius 3 is 3.21 bits per heavy atom. The molecule has 1 atom stereocenters. The van der Waals surface area contributed by atoms with Gasteiger partial charge in [-0.05, 0) is 38.4 Å². The number of nitrogens with two attached hydrogens (primary N) is 1. The molecule has 104 valence electrons. The van der Waals surface area contributed by atoms with Crippen molar-refractivity contribution in [3.05, 3.63) is 24.0 Å². The van der Waals surface area contributed by atoms with Crippen molar-refractivity contribution < 1.29 is 4.79 Å². The highest BCUT2D eigenvalue weighted by Crippen LogP contribution is 2.18. The summed E-state index contributed by atoms with van der Waals surface area (Å²) in [5.74, 6) is -0.190. The van der Waals surface area contributed by atoms with E-state index < -0.39 is 0 Å². The number of carbonyl (C=O) groups excluding carboxylic acids is 1. The first-order valence-electron chi connectivity index (χ1n) is 6.89. The molecule has 1 aliphatic heterocycles. The van der Waals surface area contributed by atoms with Crippen molar-refractivity contribution >= 4 is 11.6 Å². The monoisotopic (exact) mass is 262 g/mol. The molecule has 5 nitrogen and oxygen atoms in total. The normalized spacial score (nSPS) is 20.2. The number of nitrogens with zero attached hydrogens (tertiary/aromatic N) is 2. The van der Waals surface area contributed by atoms with Gasteiger partial charge in [0.25, 0.3) is 0 Å². The zero-order valence-electron chi connectivity index (χ0n) is 11.4. The van der Waals surface area contributed by atoms with Gasteiger partial charge in [0.05, 0.1) is 11.6 Å². The predicted molar refractivity (Wildman–Crippen MR) is 75.6 cm³/mol. The van der Waals surface area contributed by atoms with Crippen molar-refractivity contribution in [1.82, 2.24) is 9.88 Å². The van der Waals surface area contributed by atoms with E-state index in [0.717, 1.165) is 50.4 Å². The molecule has 0 aromatic carbocycles. The van der Waals surface area contributed by atoms with Crippen molar-refractivity contribution in [2.45, 2.75) is 26.3 Å². The fourth-order valence-electron chi connectivity index (χ4n) is 2.54. The summed E-state index contributed by atoms with van der Waals surface area (Å²) in [6, 6.07) is 4.03. The molecule has 0 saturated carbocycles. The summed E-state index contributed by atoms with van der Waals surface area (Å²) in [5.41, 5.74) is 7.52. The van der Waals surface area contributed by atoms with E-state index in [2.05, 4.69) is 28.2 Å². The van der Waals surface area contributed by atoms with E-state index in [1.807, 2.05) is 12.3 Å². The molecule has 2 rings (SSSR count). The Morgan fingerprint density at radius 1 is 1.63 bits per heavy atom. The first-order valence-corrected chi connectivity index (χ1v) is 6.89. The molecule has 19 heavy (non-hydrogen) atoms. The summed E-state index contributed by atoms with van der Waals surface area (Å²) in [7, 11) is 0. The van der Waals surface area contributed by atoms with Crippen LogP contribution in [-0.2, 0) is 11.3 Å². The highest BCUT2D eigenvalue weighted by Gasteiger charge is 2.24. The van der Waals surface area contributed by atoms with Crippen LogP contribution in [0.2, 0.25) is 0 Å². The zero-order chi connectivity index (χ0) is 13.7. The van der Waals surface area contributed by atoms with Crippen LogP contribution < -0.4 is 11.1 Å². The van der Waals surface area contributed by atoms with E-state index in [9.17, 15) is 4.79 Å². The SMILES string of the molecule is CCNc1ccnc(CN2CCCC(C(N)=O)C2)c1. The quantitative estimate of drug-likeness (QED) is 0.836. The zero-order valence-corrected chi connectivity index (χ0v) is 11.4. The van der Waals surface area contributed by atoms with Crippen molar-refractivity contribution in [3.63, 3.8) is 0 Å². The van der Waals surface area contributed by atoms with Crippen LogP contribution in [0, 0.1) is 5.92 Å². The predicted octanol–water partition coefficient (Wildman–Crippen LogP) is 1.21. The number of piperidine rings is 1. The fourth-order valence-corrected chi connectivity index (χ4v) is 2.54. The third kappa shape index (κ3) is 3.92. The summed E-state index contributed by atoms with van der Waals surface area (Å²) in [4.78, 5) is 17.9. The molecule has 5 heteroatoms. The Bertz CT molecular complexity index is 435. The lowest BCUT2D eigenvalue weighted by molar-refractivity contribution is -0.123. The van der Waals surface area contributed by atoms with Crippen LogP contribution in [0.5, 0.6) is 0 Å². The first kappa shape index (κ1) is 13.8. The van der Waals surface area contributed by atoms with Gasteiger partial charge in [0, 0.05) is 31.5 Å². The lowest BCUT2D eigenvalue weighted by atomic mass is 9.97. The van der Waals surface area contributed by atoms with Gasteiger partial charge in [0.1, 0.15) is 0 Å². The number of hydrogen-bond donors (Lipinski definition) is 2. The molecule has 0 spiro atoms. The number of nitrogens with one attached hydrogen (secondary N) is 1. The molecule has 0 radical (unpaired) electrons. The van der Waals surface area contributed by atoms with Crippen LogP contribution in [0.4, 0.5) is 5.69 Å². The Morgan fingerprint density at radius 2 is 2.47 bits per heavy atom. The lowest BCUT2D eigenvalue weighted by Gasteiger charge is -2.30. The van der Waals surface area contributed by atoms with Crippen molar-refractivity contribution in [2.75, 3.05) is 25.0 Å².